The summed E-state index contributed by atoms with van der Waals surface area (Å²) in [5, 5.41) is 7.81. The van der Waals surface area contributed by atoms with Gasteiger partial charge in [0.05, 0.1) is 4.90 Å². The van der Waals surface area contributed by atoms with Crippen LogP contribution in [0.15, 0.2) is 71.3 Å². The summed E-state index contributed by atoms with van der Waals surface area (Å²) in [6, 6.07) is 5.97. The normalized spacial score (nSPS) is 18.1. The molecule has 4 N–H and O–H groups in total. The van der Waals surface area contributed by atoms with Crippen LogP contribution < -0.4 is 9.47 Å². The number of allylic oxidation sites excluding steroid dienone is 7. The van der Waals surface area contributed by atoms with E-state index >= 15 is 0 Å². The maximum atomic E-state index is 12.8. The van der Waals surface area contributed by atoms with Gasteiger partial charge in [0.1, 0.15) is 0 Å². The van der Waals surface area contributed by atoms with Crippen molar-refractivity contribution in [3.63, 3.8) is 0 Å². The molecule has 0 spiro atoms. The van der Waals surface area contributed by atoms with Gasteiger partial charge in [-0.3, -0.25) is 13.9 Å². The Morgan fingerprint density at radius 1 is 0.945 bits per heavy atom. The molecule has 1 aromatic heterocycles. The number of carboxylic acids is 1. The zero-order valence-electron chi connectivity index (χ0n) is 29.6. The first-order valence-corrected chi connectivity index (χ1v) is 26.4. The summed E-state index contributed by atoms with van der Waals surface area (Å²) in [5.74, 6) is -1.32. The predicted molar refractivity (Wildman–Crippen MR) is 238 cm³/mol. The molecule has 2 heterocycles. The van der Waals surface area contributed by atoms with E-state index in [0.29, 0.717) is 49.2 Å². The molecule has 2 aromatic carbocycles. The Morgan fingerprint density at radius 3 is 2.24 bits per heavy atom. The Balaban J connectivity index is 1.74. The van der Waals surface area contributed by atoms with Gasteiger partial charge in [0.2, 0.25) is 0 Å². The van der Waals surface area contributed by atoms with Crippen molar-refractivity contribution in [1.82, 2.24) is 0 Å². The first-order valence-electron chi connectivity index (χ1n) is 16.9. The maximum absolute atomic E-state index is 12.8. The van der Waals surface area contributed by atoms with Crippen molar-refractivity contribution in [1.29, 1.82) is 0 Å². The monoisotopic (exact) mass is 1220 g/mol. The van der Waals surface area contributed by atoms with Gasteiger partial charge >= 0.3 is 289 Å². The number of rotatable bonds is 18. The number of halogens is 3. The molecule has 0 bridgehead atoms. The van der Waals surface area contributed by atoms with E-state index in [1.54, 1.807) is 44.2 Å². The summed E-state index contributed by atoms with van der Waals surface area (Å²) in [6.07, 6.45) is 14.1. The van der Waals surface area contributed by atoms with Crippen molar-refractivity contribution < 1.29 is 53.4 Å². The van der Waals surface area contributed by atoms with Gasteiger partial charge in [0.15, 0.2) is 0 Å². The average molecular weight is 1220 g/mol. The van der Waals surface area contributed by atoms with Crippen LogP contribution in [-0.2, 0) is 47.1 Å². The molecular weight excluding hydrogens is 1180 g/mol. The van der Waals surface area contributed by atoms with E-state index in [1.165, 1.54) is 27.4 Å². The Labute approximate surface area is 368 Å². The van der Waals surface area contributed by atoms with E-state index in [1.807, 2.05) is 12.2 Å². The van der Waals surface area contributed by atoms with Crippen LogP contribution in [0, 0.1) is 10.7 Å². The zero-order valence-corrected chi connectivity index (χ0v) is 40.2. The summed E-state index contributed by atoms with van der Waals surface area (Å²) < 4.78 is 110. The number of aromatic nitrogens is 1. The topological polar surface area (TPSA) is 208 Å². The number of anilines is 1. The van der Waals surface area contributed by atoms with E-state index in [2.05, 4.69) is 78.4 Å². The Kier molecular flexibility index (Phi) is 16.2. The number of carbonyl (C=O) groups is 1. The Hall–Kier alpha value is -1.22. The van der Waals surface area contributed by atoms with Crippen LogP contribution in [0.25, 0.3) is 15.9 Å². The Morgan fingerprint density at radius 2 is 1.62 bits per heavy atom. The van der Waals surface area contributed by atoms with Crippen molar-refractivity contribution in [2.75, 3.05) is 10.7 Å². The summed E-state index contributed by atoms with van der Waals surface area (Å²) in [7, 11) is -13.4. The number of hydrogen-bond donors (Lipinski definition) is 4. The number of carboxylic acid groups (broad SMARTS) is 1. The molecule has 4 rings (SSSR count). The van der Waals surface area contributed by atoms with Crippen LogP contribution in [0.5, 0.6) is 0 Å². The molecule has 0 saturated carbocycles. The fourth-order valence-electron chi connectivity index (χ4n) is 6.49. The van der Waals surface area contributed by atoms with Crippen LogP contribution in [0.3, 0.4) is 0 Å². The first kappa shape index (κ1) is 46.5. The minimum Gasteiger partial charge on any atom is -0.284 e. The van der Waals surface area contributed by atoms with Gasteiger partial charge in [-0.05, 0) is 12.5 Å². The van der Waals surface area contributed by atoms with Crippen LogP contribution in [0.4, 0.5) is 5.69 Å². The minimum absolute atomic E-state index is 0.0492. The smallest absolute Gasteiger partial charge is 0.284 e. The number of unbranched alkanes of at least 4 members (excludes halogenated alkanes) is 1. The molecule has 55 heavy (non-hydrogen) atoms. The van der Waals surface area contributed by atoms with E-state index in [0.717, 1.165) is 20.8 Å². The third kappa shape index (κ3) is 11.7. The fraction of sp³-hybridized carbons (Fsp3) is 0.371. The summed E-state index contributed by atoms with van der Waals surface area (Å²) in [5.41, 5.74) is 1.18. The van der Waals surface area contributed by atoms with Gasteiger partial charge < -0.3 is 5.11 Å². The minimum atomic E-state index is -4.66. The average Bonchev–Trinajstić information content (AvgIpc) is 3.53. The molecular formula is C35H40I3N2O11S3Se+. The van der Waals surface area contributed by atoms with Gasteiger partial charge in [-0.1, -0.05) is 13.3 Å². The molecule has 0 fully saturated rings. The van der Waals surface area contributed by atoms with E-state index in [-0.39, 0.29) is 44.4 Å². The number of aryl methyl sites for hydroxylation is 1. The van der Waals surface area contributed by atoms with Crippen molar-refractivity contribution >= 4 is 140 Å². The predicted octanol–water partition coefficient (Wildman–Crippen LogP) is 6.97. The SMILES string of the molecule is CCCC(N1\C(=C/C=C/C=C/C=C/c2[se]c3c(I)c(I)c(I)cc3[n+]2CCCS(=O)(=O)O)C(C)(CCCCC(=O)O)c2cc(S(=O)(=O)O)ccc21)S(=O)(=O)O. The molecule has 2 unspecified atom stereocenters. The molecule has 300 valence electrons. The van der Waals surface area contributed by atoms with E-state index in [9.17, 15) is 48.8 Å². The fourth-order valence-corrected chi connectivity index (χ4v) is 13.9. The molecule has 0 saturated heterocycles. The second-order valence-electron chi connectivity index (χ2n) is 13.0. The van der Waals surface area contributed by atoms with Crippen LogP contribution in [-0.4, -0.2) is 75.6 Å². The summed E-state index contributed by atoms with van der Waals surface area (Å²) in [6.45, 7) is 3.98. The van der Waals surface area contributed by atoms with Crippen LogP contribution in [0.1, 0.15) is 68.9 Å². The molecule has 0 aliphatic carbocycles. The third-order valence-electron chi connectivity index (χ3n) is 9.01. The molecule has 3 aromatic rings. The number of fused-ring (bicyclic) bond motifs is 2. The Bertz CT molecular complexity index is 2410. The van der Waals surface area contributed by atoms with Crippen molar-refractivity contribution in [2.24, 2.45) is 0 Å². The van der Waals surface area contributed by atoms with Crippen LogP contribution in [0.2, 0.25) is 0 Å². The second-order valence-corrected chi connectivity index (χ2v) is 23.0. The van der Waals surface area contributed by atoms with Crippen molar-refractivity contribution in [3.05, 3.63) is 87.3 Å². The molecule has 20 heteroatoms. The molecule has 1 aliphatic heterocycles. The number of aliphatic carboxylic acids is 1. The van der Waals surface area contributed by atoms with Crippen molar-refractivity contribution in [3.8, 4) is 0 Å². The van der Waals surface area contributed by atoms with Gasteiger partial charge in [0, 0.05) is 6.42 Å². The van der Waals surface area contributed by atoms with Crippen molar-refractivity contribution in [2.45, 2.75) is 81.0 Å². The summed E-state index contributed by atoms with van der Waals surface area (Å²) in [4.78, 5) is 12.4. The number of nitrogens with zero attached hydrogens (tertiary/aromatic N) is 2. The second kappa shape index (κ2) is 19.2. The van der Waals surface area contributed by atoms with Gasteiger partial charge in [0.25, 0.3) is 10.1 Å². The number of benzene rings is 2. The van der Waals surface area contributed by atoms with Gasteiger partial charge in [-0.15, -0.1) is 0 Å². The molecule has 1 aliphatic rings. The zero-order chi connectivity index (χ0) is 40.9. The van der Waals surface area contributed by atoms with Crippen LogP contribution >= 0.6 is 67.8 Å². The van der Waals surface area contributed by atoms with Gasteiger partial charge in [-0.2, -0.15) is 16.8 Å². The molecule has 13 nitrogen and oxygen atoms in total. The molecule has 0 amide bonds. The van der Waals surface area contributed by atoms with Gasteiger partial charge in [-0.25, -0.2) is 0 Å². The van der Waals surface area contributed by atoms with E-state index in [4.69, 9.17) is 0 Å². The first-order chi connectivity index (χ1) is 25.6. The number of hydrogen-bond acceptors (Lipinski definition) is 8. The quantitative estimate of drug-likeness (QED) is 0.0194. The molecule has 0 radical (unpaired) electrons. The summed E-state index contributed by atoms with van der Waals surface area (Å²) >= 11 is 6.88. The third-order valence-corrected chi connectivity index (χ3v) is 20.2. The molecule has 2 atom stereocenters. The van der Waals surface area contributed by atoms with E-state index < -0.39 is 47.1 Å². The standard InChI is InChI=1S/C35H39I3N2O11S3Se/c1-3-12-29(54(49,50)51)40-26-17-16-23(53(46,47)48)21-24(26)35(2,18-10-9-15-31(41)42)28(40)13-7-5-4-6-8-14-30-39(19-11-20-52(43,44)45)27-22-25(36)32(37)33(38)34(27)55-30/h4-8,13-14,16-17,21-22,29H,3,9-12,15,18-20H2,1-2H3,(H3-,41,42,43,44,45,46,47,48,49,50,51)/p+1.